The second-order valence-electron chi connectivity index (χ2n) is 8.69. The standard InChI is InChI=1S/C24H25ClN4O4S/c25-16-5-6-20(26-12-16)27-21(30)13-34-14-22(31)28-9-7-17(8-10-28)29-23-18-4-2-1-3-15(18)11-19(23)33-24(29)32/h1-6,12,17,19,23H,7-11,13-14H2,(H,26,27,30)/t19-,23+/m0/s1. The summed E-state index contributed by atoms with van der Waals surface area (Å²) < 4.78 is 5.69. The first-order valence-electron chi connectivity index (χ1n) is 11.3. The van der Waals surface area contributed by atoms with Gasteiger partial charge in [0.2, 0.25) is 11.8 Å². The number of carbonyl (C=O) groups is 3. The van der Waals surface area contributed by atoms with Crippen LogP contribution >= 0.6 is 23.4 Å². The Labute approximate surface area is 207 Å². The van der Waals surface area contributed by atoms with E-state index >= 15 is 0 Å². The SMILES string of the molecule is O=C(CSCC(=O)N1CCC(N2C(=O)O[C@H]3Cc4ccccc4[C@H]32)CC1)Nc1ccc(Cl)cn1. The van der Waals surface area contributed by atoms with Crippen molar-refractivity contribution in [2.75, 3.05) is 29.9 Å². The molecule has 1 aliphatic carbocycles. The second kappa shape index (κ2) is 9.84. The minimum Gasteiger partial charge on any atom is -0.443 e. The largest absolute Gasteiger partial charge is 0.443 e. The van der Waals surface area contributed by atoms with Gasteiger partial charge in [-0.2, -0.15) is 0 Å². The zero-order valence-electron chi connectivity index (χ0n) is 18.5. The number of halogens is 1. The number of rotatable bonds is 6. The first-order valence-corrected chi connectivity index (χ1v) is 12.9. The van der Waals surface area contributed by atoms with Crippen LogP contribution in [0, 0.1) is 0 Å². The predicted octanol–water partition coefficient (Wildman–Crippen LogP) is 3.52. The van der Waals surface area contributed by atoms with Crippen LogP contribution in [0.5, 0.6) is 0 Å². The highest BCUT2D eigenvalue weighted by molar-refractivity contribution is 8.00. The van der Waals surface area contributed by atoms with Crippen molar-refractivity contribution in [3.63, 3.8) is 0 Å². The van der Waals surface area contributed by atoms with Crippen molar-refractivity contribution in [2.45, 2.75) is 37.5 Å². The summed E-state index contributed by atoms with van der Waals surface area (Å²) in [4.78, 5) is 45.1. The van der Waals surface area contributed by atoms with Crippen molar-refractivity contribution in [1.82, 2.24) is 14.8 Å². The topological polar surface area (TPSA) is 91.8 Å². The molecule has 1 N–H and O–H groups in total. The van der Waals surface area contributed by atoms with E-state index in [0.717, 1.165) is 19.3 Å². The molecule has 2 saturated heterocycles. The summed E-state index contributed by atoms with van der Waals surface area (Å²) in [6.45, 7) is 1.18. The number of fused-ring (bicyclic) bond motifs is 3. The van der Waals surface area contributed by atoms with Crippen LogP contribution in [0.3, 0.4) is 0 Å². The summed E-state index contributed by atoms with van der Waals surface area (Å²) in [5.41, 5.74) is 2.43. The van der Waals surface area contributed by atoms with Gasteiger partial charge in [-0.1, -0.05) is 35.9 Å². The van der Waals surface area contributed by atoms with Crippen LogP contribution in [-0.2, 0) is 20.7 Å². The van der Waals surface area contributed by atoms with E-state index in [1.807, 2.05) is 21.9 Å². The number of nitrogens with zero attached hydrogens (tertiary/aromatic N) is 3. The van der Waals surface area contributed by atoms with E-state index in [-0.39, 0.29) is 47.6 Å². The normalized spacial score (nSPS) is 21.7. The first kappa shape index (κ1) is 23.0. The molecule has 5 rings (SSSR count). The maximum atomic E-state index is 12.7. The van der Waals surface area contributed by atoms with Gasteiger partial charge in [0, 0.05) is 31.7 Å². The summed E-state index contributed by atoms with van der Waals surface area (Å²) in [6, 6.07) is 11.5. The number of pyridine rings is 1. The fourth-order valence-electron chi connectivity index (χ4n) is 5.00. The quantitative estimate of drug-likeness (QED) is 0.652. The molecule has 10 heteroatoms. The second-order valence-corrected chi connectivity index (χ2v) is 10.1. The van der Waals surface area contributed by atoms with Gasteiger partial charge in [0.25, 0.3) is 0 Å². The van der Waals surface area contributed by atoms with Crippen molar-refractivity contribution in [2.24, 2.45) is 0 Å². The van der Waals surface area contributed by atoms with Gasteiger partial charge in [-0.3, -0.25) is 14.5 Å². The number of nitrogens with one attached hydrogen (secondary N) is 1. The van der Waals surface area contributed by atoms with Gasteiger partial charge in [-0.05, 0) is 36.1 Å². The minimum atomic E-state index is -0.244. The Balaban J connectivity index is 1.09. The van der Waals surface area contributed by atoms with E-state index in [1.165, 1.54) is 29.1 Å². The third-order valence-electron chi connectivity index (χ3n) is 6.57. The van der Waals surface area contributed by atoms with Gasteiger partial charge in [0.15, 0.2) is 0 Å². The summed E-state index contributed by atoms with van der Waals surface area (Å²) in [5, 5.41) is 3.18. The van der Waals surface area contributed by atoms with E-state index in [4.69, 9.17) is 16.3 Å². The number of piperidine rings is 1. The average Bonchev–Trinajstić information content (AvgIpc) is 3.35. The molecule has 0 unspecified atom stereocenters. The molecular weight excluding hydrogens is 476 g/mol. The summed E-state index contributed by atoms with van der Waals surface area (Å²) in [7, 11) is 0. The number of amides is 3. The Kier molecular flexibility index (Phi) is 6.65. The van der Waals surface area contributed by atoms with Crippen molar-refractivity contribution in [1.29, 1.82) is 0 Å². The molecule has 3 amide bonds. The molecule has 0 radical (unpaired) electrons. The number of benzene rings is 1. The summed E-state index contributed by atoms with van der Waals surface area (Å²) >= 11 is 7.07. The van der Waals surface area contributed by atoms with E-state index in [1.54, 1.807) is 12.1 Å². The fourth-order valence-corrected chi connectivity index (χ4v) is 5.83. The Morgan fingerprint density at radius 2 is 1.94 bits per heavy atom. The molecule has 1 aromatic carbocycles. The van der Waals surface area contributed by atoms with Crippen LogP contribution in [0.15, 0.2) is 42.6 Å². The number of hydrogen-bond acceptors (Lipinski definition) is 6. The number of ether oxygens (including phenoxy) is 1. The third kappa shape index (κ3) is 4.72. The fraction of sp³-hybridized carbons (Fsp3) is 0.417. The molecule has 2 atom stereocenters. The number of hydrogen-bond donors (Lipinski definition) is 1. The number of thioether (sulfide) groups is 1. The monoisotopic (exact) mass is 500 g/mol. The smallest absolute Gasteiger partial charge is 0.411 e. The van der Waals surface area contributed by atoms with Gasteiger partial charge in [-0.25, -0.2) is 9.78 Å². The predicted molar refractivity (Wildman–Crippen MR) is 130 cm³/mol. The van der Waals surface area contributed by atoms with E-state index in [0.29, 0.717) is 23.9 Å². The average molecular weight is 501 g/mol. The molecule has 0 bridgehead atoms. The number of aromatic nitrogens is 1. The van der Waals surface area contributed by atoms with Gasteiger partial charge in [0.05, 0.1) is 22.6 Å². The van der Waals surface area contributed by atoms with Crippen LogP contribution in [0.1, 0.15) is 30.0 Å². The number of anilines is 1. The van der Waals surface area contributed by atoms with E-state index < -0.39 is 0 Å². The van der Waals surface area contributed by atoms with Gasteiger partial charge >= 0.3 is 6.09 Å². The Hall–Kier alpha value is -2.78. The molecule has 0 spiro atoms. The molecule has 0 saturated carbocycles. The van der Waals surface area contributed by atoms with E-state index in [2.05, 4.69) is 22.4 Å². The molecule has 2 fully saturated rings. The molecular formula is C24H25ClN4O4S. The molecule has 3 heterocycles. The molecule has 2 aliphatic heterocycles. The lowest BCUT2D eigenvalue weighted by Gasteiger charge is -2.38. The lowest BCUT2D eigenvalue weighted by molar-refractivity contribution is -0.129. The van der Waals surface area contributed by atoms with Gasteiger partial charge in [0.1, 0.15) is 11.9 Å². The number of carbonyl (C=O) groups excluding carboxylic acids is 3. The summed E-state index contributed by atoms with van der Waals surface area (Å²) in [5.74, 6) is 0.611. The van der Waals surface area contributed by atoms with Crippen LogP contribution in [0.25, 0.3) is 0 Å². The van der Waals surface area contributed by atoms with Crippen molar-refractivity contribution in [3.8, 4) is 0 Å². The van der Waals surface area contributed by atoms with Gasteiger partial charge < -0.3 is 15.0 Å². The Bertz CT molecular complexity index is 1090. The minimum absolute atomic E-state index is 0.00829. The molecule has 1 aromatic heterocycles. The molecule has 178 valence electrons. The lowest BCUT2D eigenvalue weighted by atomic mass is 9.99. The maximum Gasteiger partial charge on any atom is 0.411 e. The van der Waals surface area contributed by atoms with Gasteiger partial charge in [-0.15, -0.1) is 11.8 Å². The molecule has 2 aromatic rings. The summed E-state index contributed by atoms with van der Waals surface area (Å²) in [6.07, 6.45) is 3.31. The van der Waals surface area contributed by atoms with Crippen molar-refractivity contribution < 1.29 is 19.1 Å². The zero-order valence-corrected chi connectivity index (χ0v) is 20.1. The first-order chi connectivity index (χ1) is 16.5. The van der Waals surface area contributed by atoms with Crippen LogP contribution in [0.4, 0.5) is 10.6 Å². The van der Waals surface area contributed by atoms with Crippen LogP contribution in [0.2, 0.25) is 5.02 Å². The van der Waals surface area contributed by atoms with Crippen LogP contribution < -0.4 is 5.32 Å². The zero-order chi connectivity index (χ0) is 23.7. The van der Waals surface area contributed by atoms with Crippen molar-refractivity contribution >= 4 is 47.1 Å². The highest BCUT2D eigenvalue weighted by Crippen LogP contribution is 2.44. The third-order valence-corrected chi connectivity index (χ3v) is 7.71. The van der Waals surface area contributed by atoms with Crippen molar-refractivity contribution in [3.05, 3.63) is 58.7 Å². The van der Waals surface area contributed by atoms with E-state index in [9.17, 15) is 14.4 Å². The highest BCUT2D eigenvalue weighted by Gasteiger charge is 2.50. The number of likely N-dealkylation sites (tertiary alicyclic amines) is 1. The molecule has 34 heavy (non-hydrogen) atoms. The Morgan fingerprint density at radius 1 is 1.15 bits per heavy atom. The van der Waals surface area contributed by atoms with Crippen LogP contribution in [-0.4, -0.2) is 69.4 Å². The lowest BCUT2D eigenvalue weighted by Crippen LogP contribution is -2.48. The highest BCUT2D eigenvalue weighted by atomic mass is 35.5. The maximum absolute atomic E-state index is 12.7. The molecule has 3 aliphatic rings. The Morgan fingerprint density at radius 3 is 2.71 bits per heavy atom. The molecule has 8 nitrogen and oxygen atoms in total.